The molecule has 1 heterocycles. The molecule has 86 valence electrons. The number of rotatable bonds is 2. The molecule has 2 aliphatic rings. The summed E-state index contributed by atoms with van der Waals surface area (Å²) in [4.78, 5) is 9.11. The standard InChI is InChI=1S/C12H14BrClN2/c13-9-10(7-3-1-2-4-7)15-12(8-5-6-8)16-11(9)14/h7-8H,1-6H2. The summed E-state index contributed by atoms with van der Waals surface area (Å²) in [6.07, 6.45) is 7.57. The molecule has 2 saturated carbocycles. The van der Waals surface area contributed by atoms with Crippen LogP contribution in [0.5, 0.6) is 0 Å². The minimum absolute atomic E-state index is 0.575. The average Bonchev–Trinajstić information content (AvgIpc) is 2.98. The maximum Gasteiger partial charge on any atom is 0.147 e. The lowest BCUT2D eigenvalue weighted by Crippen LogP contribution is -2.04. The van der Waals surface area contributed by atoms with Crippen molar-refractivity contribution in [3.8, 4) is 0 Å². The zero-order valence-electron chi connectivity index (χ0n) is 9.05. The van der Waals surface area contributed by atoms with Gasteiger partial charge in [0.1, 0.15) is 11.0 Å². The van der Waals surface area contributed by atoms with Gasteiger partial charge >= 0.3 is 0 Å². The van der Waals surface area contributed by atoms with Crippen molar-refractivity contribution in [3.05, 3.63) is 21.1 Å². The molecule has 0 atom stereocenters. The van der Waals surface area contributed by atoms with E-state index < -0.39 is 0 Å². The summed E-state index contributed by atoms with van der Waals surface area (Å²) in [6.45, 7) is 0. The first kappa shape index (κ1) is 11.0. The predicted octanol–water partition coefficient (Wildman–Crippen LogP) is 4.43. The van der Waals surface area contributed by atoms with Gasteiger partial charge in [0.2, 0.25) is 0 Å². The van der Waals surface area contributed by atoms with E-state index in [0.29, 0.717) is 17.0 Å². The topological polar surface area (TPSA) is 25.8 Å². The summed E-state index contributed by atoms with van der Waals surface area (Å²) in [7, 11) is 0. The van der Waals surface area contributed by atoms with Gasteiger partial charge in [-0.15, -0.1) is 0 Å². The second kappa shape index (κ2) is 4.26. The Morgan fingerprint density at radius 3 is 2.31 bits per heavy atom. The Morgan fingerprint density at radius 1 is 1.00 bits per heavy atom. The third-order valence-corrected chi connectivity index (χ3v) is 4.82. The number of aromatic nitrogens is 2. The molecule has 0 amide bonds. The Kier molecular flexibility index (Phi) is 2.92. The summed E-state index contributed by atoms with van der Waals surface area (Å²) in [5, 5.41) is 0.596. The van der Waals surface area contributed by atoms with Crippen molar-refractivity contribution in [1.29, 1.82) is 0 Å². The lowest BCUT2D eigenvalue weighted by atomic mass is 10.0. The molecule has 16 heavy (non-hydrogen) atoms. The van der Waals surface area contributed by atoms with Crippen LogP contribution >= 0.6 is 27.5 Å². The Hall–Kier alpha value is -0.150. The van der Waals surface area contributed by atoms with Gasteiger partial charge < -0.3 is 0 Å². The van der Waals surface area contributed by atoms with E-state index in [4.69, 9.17) is 16.6 Å². The van der Waals surface area contributed by atoms with Gasteiger partial charge in [-0.1, -0.05) is 24.4 Å². The molecule has 2 fully saturated rings. The van der Waals surface area contributed by atoms with Gasteiger partial charge in [-0.3, -0.25) is 0 Å². The molecule has 0 unspecified atom stereocenters. The minimum atomic E-state index is 0.575. The molecular formula is C12H14BrClN2. The van der Waals surface area contributed by atoms with Crippen LogP contribution in [0.4, 0.5) is 0 Å². The van der Waals surface area contributed by atoms with Crippen LogP contribution < -0.4 is 0 Å². The lowest BCUT2D eigenvalue weighted by molar-refractivity contribution is 0.678. The normalized spacial score (nSPS) is 21.6. The first-order valence-corrected chi connectivity index (χ1v) is 7.15. The van der Waals surface area contributed by atoms with Crippen molar-refractivity contribution in [2.45, 2.75) is 50.4 Å². The van der Waals surface area contributed by atoms with Gasteiger partial charge in [-0.2, -0.15) is 0 Å². The smallest absolute Gasteiger partial charge is 0.147 e. The molecular weight excluding hydrogens is 288 g/mol. The molecule has 0 N–H and O–H groups in total. The SMILES string of the molecule is Clc1nc(C2CC2)nc(C2CCCC2)c1Br. The molecule has 0 saturated heterocycles. The van der Waals surface area contributed by atoms with E-state index in [1.54, 1.807) is 0 Å². The van der Waals surface area contributed by atoms with Crippen molar-refractivity contribution in [2.24, 2.45) is 0 Å². The van der Waals surface area contributed by atoms with Crippen LogP contribution in [-0.4, -0.2) is 9.97 Å². The quantitative estimate of drug-likeness (QED) is 0.755. The first-order chi connectivity index (χ1) is 7.75. The fourth-order valence-corrected chi connectivity index (χ4v) is 3.13. The van der Waals surface area contributed by atoms with Crippen LogP contribution in [0.25, 0.3) is 0 Å². The molecule has 2 nitrogen and oxygen atoms in total. The molecule has 3 rings (SSSR count). The van der Waals surface area contributed by atoms with E-state index in [1.807, 2.05) is 0 Å². The van der Waals surface area contributed by atoms with Crippen LogP contribution in [0, 0.1) is 0 Å². The summed E-state index contributed by atoms with van der Waals surface area (Å²) in [5.41, 5.74) is 1.15. The van der Waals surface area contributed by atoms with Crippen LogP contribution in [0.2, 0.25) is 5.15 Å². The first-order valence-electron chi connectivity index (χ1n) is 5.98. The Labute approximate surface area is 109 Å². The fourth-order valence-electron chi connectivity index (χ4n) is 2.45. The Morgan fingerprint density at radius 2 is 1.69 bits per heavy atom. The van der Waals surface area contributed by atoms with Gasteiger partial charge in [-0.05, 0) is 41.6 Å². The van der Waals surface area contributed by atoms with E-state index in [9.17, 15) is 0 Å². The fraction of sp³-hybridized carbons (Fsp3) is 0.667. The summed E-state index contributed by atoms with van der Waals surface area (Å²) < 4.78 is 0.922. The van der Waals surface area contributed by atoms with Crippen molar-refractivity contribution in [2.75, 3.05) is 0 Å². The van der Waals surface area contributed by atoms with E-state index in [1.165, 1.54) is 38.5 Å². The highest BCUT2D eigenvalue weighted by atomic mass is 79.9. The monoisotopic (exact) mass is 300 g/mol. The van der Waals surface area contributed by atoms with E-state index in [0.717, 1.165) is 16.0 Å². The Balaban J connectivity index is 2.00. The maximum absolute atomic E-state index is 6.17. The molecule has 2 aliphatic carbocycles. The molecule has 4 heteroatoms. The van der Waals surface area contributed by atoms with Gasteiger partial charge in [-0.25, -0.2) is 9.97 Å². The highest BCUT2D eigenvalue weighted by Crippen LogP contribution is 2.43. The highest BCUT2D eigenvalue weighted by Gasteiger charge is 2.30. The van der Waals surface area contributed by atoms with Crippen LogP contribution in [0.3, 0.4) is 0 Å². The molecule has 1 aromatic rings. The van der Waals surface area contributed by atoms with Crippen molar-refractivity contribution in [3.63, 3.8) is 0 Å². The largest absolute Gasteiger partial charge is 0.236 e. The van der Waals surface area contributed by atoms with Gasteiger partial charge in [0, 0.05) is 11.8 Å². The second-order valence-corrected chi connectivity index (χ2v) is 5.98. The highest BCUT2D eigenvalue weighted by molar-refractivity contribution is 9.10. The number of halogens is 2. The molecule has 0 aliphatic heterocycles. The molecule has 0 spiro atoms. The summed E-state index contributed by atoms with van der Waals surface area (Å²) in [6, 6.07) is 0. The zero-order chi connectivity index (χ0) is 11.1. The van der Waals surface area contributed by atoms with Crippen LogP contribution in [0.15, 0.2) is 4.47 Å². The predicted molar refractivity (Wildman–Crippen MR) is 67.9 cm³/mol. The third kappa shape index (κ3) is 2.00. The van der Waals surface area contributed by atoms with Crippen molar-refractivity contribution in [1.82, 2.24) is 9.97 Å². The van der Waals surface area contributed by atoms with Crippen LogP contribution in [0.1, 0.15) is 61.9 Å². The number of hydrogen-bond acceptors (Lipinski definition) is 2. The second-order valence-electron chi connectivity index (χ2n) is 4.83. The Bertz CT molecular complexity index is 412. The van der Waals surface area contributed by atoms with E-state index >= 15 is 0 Å². The minimum Gasteiger partial charge on any atom is -0.236 e. The van der Waals surface area contributed by atoms with Crippen molar-refractivity contribution >= 4 is 27.5 Å². The molecule has 1 aromatic heterocycles. The summed E-state index contributed by atoms with van der Waals surface area (Å²) in [5.74, 6) is 2.13. The van der Waals surface area contributed by atoms with E-state index in [-0.39, 0.29) is 0 Å². The average molecular weight is 302 g/mol. The van der Waals surface area contributed by atoms with Crippen molar-refractivity contribution < 1.29 is 0 Å². The van der Waals surface area contributed by atoms with Gasteiger partial charge in [0.25, 0.3) is 0 Å². The third-order valence-electron chi connectivity index (χ3n) is 3.54. The summed E-state index contributed by atoms with van der Waals surface area (Å²) >= 11 is 9.71. The molecule has 0 aromatic carbocycles. The number of hydrogen-bond donors (Lipinski definition) is 0. The van der Waals surface area contributed by atoms with Gasteiger partial charge in [0.05, 0.1) is 10.2 Å². The number of nitrogens with zero attached hydrogens (tertiary/aromatic N) is 2. The maximum atomic E-state index is 6.17. The van der Waals surface area contributed by atoms with Crippen LogP contribution in [-0.2, 0) is 0 Å². The zero-order valence-corrected chi connectivity index (χ0v) is 11.4. The molecule has 0 radical (unpaired) electrons. The molecule has 0 bridgehead atoms. The van der Waals surface area contributed by atoms with Gasteiger partial charge in [0.15, 0.2) is 0 Å². The lowest BCUT2D eigenvalue weighted by Gasteiger charge is -2.13. The van der Waals surface area contributed by atoms with E-state index in [2.05, 4.69) is 20.9 Å².